The number of rotatable bonds is 9. The maximum absolute atomic E-state index is 13.5. The van der Waals surface area contributed by atoms with Crippen LogP contribution in [0.1, 0.15) is 21.9 Å². The number of nitrogens with zero attached hydrogens (tertiary/aromatic N) is 1. The van der Waals surface area contributed by atoms with Crippen molar-refractivity contribution < 1.29 is 23.6 Å². The fraction of sp³-hybridized carbons (Fsp3) is 0.280. The highest BCUT2D eigenvalue weighted by Gasteiger charge is 2.44. The van der Waals surface area contributed by atoms with E-state index in [1.807, 2.05) is 42.0 Å². The van der Waals surface area contributed by atoms with Gasteiger partial charge in [-0.1, -0.05) is 12.1 Å². The number of hydrogen-bond acceptors (Lipinski definition) is 7. The Labute approximate surface area is 222 Å². The fourth-order valence-electron chi connectivity index (χ4n) is 4.18. The highest BCUT2D eigenvalue weighted by Crippen LogP contribution is 2.23. The number of primary amides is 1. The first kappa shape index (κ1) is 26.3. The van der Waals surface area contributed by atoms with Crippen molar-refractivity contribution in [2.24, 2.45) is 5.73 Å². The molecule has 3 heterocycles. The molecule has 1 aliphatic heterocycles. The summed E-state index contributed by atoms with van der Waals surface area (Å²) in [5.41, 5.74) is 6.16. The van der Waals surface area contributed by atoms with Gasteiger partial charge in [0.2, 0.25) is 11.8 Å². The molecule has 3 atom stereocenters. The number of amides is 5. The summed E-state index contributed by atoms with van der Waals surface area (Å²) < 4.78 is 5.25. The first-order valence-electron chi connectivity index (χ1n) is 11.5. The number of thiophene rings is 1. The Balaban J connectivity index is 1.52. The number of nitrogens with two attached hydrogens (primary N) is 1. The van der Waals surface area contributed by atoms with Gasteiger partial charge in [-0.3, -0.25) is 14.4 Å². The largest absolute Gasteiger partial charge is 0.459 e. The van der Waals surface area contributed by atoms with Crippen molar-refractivity contribution in [2.45, 2.75) is 35.9 Å². The monoisotopic (exact) mass is 541 g/mol. The van der Waals surface area contributed by atoms with E-state index in [4.69, 9.17) is 10.2 Å². The molecule has 12 heteroatoms. The van der Waals surface area contributed by atoms with Gasteiger partial charge in [0.25, 0.3) is 5.91 Å². The highest BCUT2D eigenvalue weighted by atomic mass is 32.2. The average Bonchev–Trinajstić information content (AvgIpc) is 3.65. The molecule has 1 aromatic carbocycles. The maximum Gasteiger partial charge on any atom is 0.319 e. The number of carbonyl (C=O) groups is 4. The first-order chi connectivity index (χ1) is 17.9. The number of nitrogens with one attached hydrogen (secondary N) is 3. The van der Waals surface area contributed by atoms with E-state index in [2.05, 4.69) is 16.0 Å². The minimum Gasteiger partial charge on any atom is -0.459 e. The predicted molar refractivity (Wildman–Crippen MR) is 141 cm³/mol. The third-order valence-electron chi connectivity index (χ3n) is 5.95. The number of thioether (sulfide) groups is 1. The molecule has 1 saturated heterocycles. The summed E-state index contributed by atoms with van der Waals surface area (Å²) in [6.07, 6.45) is 3.86. The van der Waals surface area contributed by atoms with Crippen molar-refractivity contribution >= 4 is 52.5 Å². The molecular weight excluding hydrogens is 514 g/mol. The first-order valence-corrected chi connectivity index (χ1v) is 13.6. The third-order valence-corrected chi connectivity index (χ3v) is 7.57. The molecule has 37 heavy (non-hydrogen) atoms. The second-order valence-corrected chi connectivity index (χ2v) is 10.3. The summed E-state index contributed by atoms with van der Waals surface area (Å²) in [6, 6.07) is 10.8. The molecule has 3 aromatic rings. The third kappa shape index (κ3) is 6.52. The van der Waals surface area contributed by atoms with Crippen LogP contribution in [0.5, 0.6) is 0 Å². The van der Waals surface area contributed by atoms with Crippen LogP contribution in [0.2, 0.25) is 0 Å². The van der Waals surface area contributed by atoms with Gasteiger partial charge in [-0.05, 0) is 54.5 Å². The Hall–Kier alpha value is -3.77. The van der Waals surface area contributed by atoms with Crippen molar-refractivity contribution in [1.82, 2.24) is 15.5 Å². The van der Waals surface area contributed by atoms with Crippen LogP contribution in [-0.2, 0) is 16.0 Å². The normalized spacial score (nSPS) is 17.7. The number of urea groups is 1. The van der Waals surface area contributed by atoms with Gasteiger partial charge < -0.3 is 31.0 Å². The number of carbonyl (C=O) groups excluding carboxylic acids is 4. The second-order valence-electron chi connectivity index (χ2n) is 8.39. The lowest BCUT2D eigenvalue weighted by Gasteiger charge is -2.28. The van der Waals surface area contributed by atoms with Crippen LogP contribution in [0, 0.1) is 0 Å². The molecule has 0 bridgehead atoms. The molecule has 0 spiro atoms. The van der Waals surface area contributed by atoms with Crippen LogP contribution >= 0.6 is 23.1 Å². The van der Waals surface area contributed by atoms with Gasteiger partial charge in [0.05, 0.1) is 12.3 Å². The quantitative estimate of drug-likeness (QED) is 0.306. The van der Waals surface area contributed by atoms with Crippen molar-refractivity contribution in [3.63, 3.8) is 0 Å². The number of benzene rings is 1. The number of hydrogen-bond donors (Lipinski definition) is 4. The zero-order chi connectivity index (χ0) is 26.4. The van der Waals surface area contributed by atoms with E-state index in [1.54, 1.807) is 23.9 Å². The Bertz CT molecular complexity index is 1250. The summed E-state index contributed by atoms with van der Waals surface area (Å²) in [5, 5.41) is 10.1. The molecule has 0 radical (unpaired) electrons. The predicted octanol–water partition coefficient (Wildman–Crippen LogP) is 2.68. The minimum atomic E-state index is -1.08. The van der Waals surface area contributed by atoms with E-state index in [0.717, 1.165) is 9.77 Å². The molecule has 0 saturated carbocycles. The molecule has 2 aromatic heterocycles. The van der Waals surface area contributed by atoms with Crippen LogP contribution in [0.15, 0.2) is 69.5 Å². The van der Waals surface area contributed by atoms with E-state index in [1.165, 1.54) is 28.6 Å². The van der Waals surface area contributed by atoms with Gasteiger partial charge in [-0.25, -0.2) is 4.79 Å². The number of likely N-dealkylation sites (tertiary alicyclic amines) is 1. The SMILES string of the molecule is CSc1cccc(NC(=O)N[C@H]2CCN(C(=O)c3ccco3)[C@@H]2C(=O)N[C@@H](Cc2cccs2)C(N)=O)c1. The smallest absolute Gasteiger partial charge is 0.319 e. The van der Waals surface area contributed by atoms with Crippen LogP contribution in [-0.4, -0.2) is 59.6 Å². The van der Waals surface area contributed by atoms with E-state index >= 15 is 0 Å². The summed E-state index contributed by atoms with van der Waals surface area (Å²) in [6.45, 7) is 0.205. The van der Waals surface area contributed by atoms with E-state index in [-0.39, 0.29) is 18.7 Å². The van der Waals surface area contributed by atoms with E-state index in [9.17, 15) is 19.2 Å². The lowest BCUT2D eigenvalue weighted by Crippen LogP contribution is -2.58. The van der Waals surface area contributed by atoms with Gasteiger partial charge in [0.15, 0.2) is 5.76 Å². The fourth-order valence-corrected chi connectivity index (χ4v) is 5.39. The van der Waals surface area contributed by atoms with Gasteiger partial charge in [0.1, 0.15) is 12.1 Å². The Morgan fingerprint density at radius 3 is 2.70 bits per heavy atom. The summed E-state index contributed by atoms with van der Waals surface area (Å²) in [5.74, 6) is -1.70. The number of anilines is 1. The molecule has 5 amide bonds. The zero-order valence-corrected chi connectivity index (χ0v) is 21.6. The van der Waals surface area contributed by atoms with Gasteiger partial charge in [-0.2, -0.15) is 0 Å². The Morgan fingerprint density at radius 2 is 2.03 bits per heavy atom. The van der Waals surface area contributed by atoms with Gasteiger partial charge in [0, 0.05) is 28.4 Å². The molecule has 10 nitrogen and oxygen atoms in total. The summed E-state index contributed by atoms with van der Waals surface area (Å²) in [4.78, 5) is 54.8. The van der Waals surface area contributed by atoms with Crippen molar-refractivity contribution in [3.8, 4) is 0 Å². The topological polar surface area (TPSA) is 147 Å². The van der Waals surface area contributed by atoms with Gasteiger partial charge in [-0.15, -0.1) is 23.1 Å². The van der Waals surface area contributed by atoms with Crippen LogP contribution in [0.4, 0.5) is 10.5 Å². The highest BCUT2D eigenvalue weighted by molar-refractivity contribution is 7.98. The molecule has 0 aliphatic carbocycles. The summed E-state index contributed by atoms with van der Waals surface area (Å²) in [7, 11) is 0. The lowest BCUT2D eigenvalue weighted by atomic mass is 10.1. The molecule has 0 unspecified atom stereocenters. The van der Waals surface area contributed by atoms with Crippen molar-refractivity contribution in [2.75, 3.05) is 18.1 Å². The maximum atomic E-state index is 13.5. The summed E-state index contributed by atoms with van der Waals surface area (Å²) >= 11 is 2.99. The zero-order valence-electron chi connectivity index (χ0n) is 20.0. The molecule has 1 fully saturated rings. The lowest BCUT2D eigenvalue weighted by molar-refractivity contribution is -0.130. The van der Waals surface area contributed by atoms with Crippen molar-refractivity contribution in [1.29, 1.82) is 0 Å². The second kappa shape index (κ2) is 12.0. The molecule has 4 rings (SSSR count). The van der Waals surface area contributed by atoms with Gasteiger partial charge >= 0.3 is 6.03 Å². The van der Waals surface area contributed by atoms with Crippen LogP contribution in [0.25, 0.3) is 0 Å². The minimum absolute atomic E-state index is 0.0711. The van der Waals surface area contributed by atoms with E-state index < -0.39 is 41.9 Å². The molecular formula is C25H27N5O5S2. The molecule has 5 N–H and O–H groups in total. The Morgan fingerprint density at radius 1 is 1.19 bits per heavy atom. The van der Waals surface area contributed by atoms with Crippen LogP contribution in [0.3, 0.4) is 0 Å². The molecule has 1 aliphatic rings. The number of furan rings is 1. The van der Waals surface area contributed by atoms with Crippen molar-refractivity contribution in [3.05, 3.63) is 70.8 Å². The van der Waals surface area contributed by atoms with E-state index in [0.29, 0.717) is 12.1 Å². The standard InChI is InChI=1S/C25H27N5O5S2/c1-36-16-6-2-5-15(13-16)27-25(34)29-18-9-10-30(24(33)20-8-3-11-35-20)21(18)23(32)28-19(22(26)31)14-17-7-4-12-37-17/h2-8,11-13,18-19,21H,9-10,14H2,1H3,(H2,26,31)(H,28,32)(H2,27,29,34)/t18-,19-,21-/m0/s1. The Kier molecular flexibility index (Phi) is 8.51. The van der Waals surface area contributed by atoms with Crippen LogP contribution < -0.4 is 21.7 Å². The average molecular weight is 542 g/mol. The molecule has 194 valence electrons.